The quantitative estimate of drug-likeness (QED) is 0.803. The fourth-order valence-corrected chi connectivity index (χ4v) is 3.26. The van der Waals surface area contributed by atoms with Crippen molar-refractivity contribution in [3.63, 3.8) is 0 Å². The largest absolute Gasteiger partial charge is 0.449 e. The molecule has 0 fully saturated rings. The molecular formula is C18H15F2NO5S. The van der Waals surface area contributed by atoms with Crippen LogP contribution in [0.15, 0.2) is 53.1 Å². The number of ether oxygens (including phenoxy) is 2. The molecular weight excluding hydrogens is 380 g/mol. The summed E-state index contributed by atoms with van der Waals surface area (Å²) in [4.78, 5) is 12.2. The second-order valence-electron chi connectivity index (χ2n) is 6.35. The van der Waals surface area contributed by atoms with Gasteiger partial charge in [-0.2, -0.15) is 0 Å². The first kappa shape index (κ1) is 19.0. The molecule has 0 bridgehead atoms. The normalized spacial score (nSPS) is 16.4. The molecule has 3 rings (SSSR count). The predicted octanol–water partition coefficient (Wildman–Crippen LogP) is 2.74. The maximum atomic E-state index is 13.4. The Bertz CT molecular complexity index is 1060. The van der Waals surface area contributed by atoms with Gasteiger partial charge in [-0.3, -0.25) is 0 Å². The van der Waals surface area contributed by atoms with Crippen LogP contribution >= 0.6 is 0 Å². The molecule has 6 nitrogen and oxygen atoms in total. The molecule has 0 unspecified atom stereocenters. The van der Waals surface area contributed by atoms with E-state index in [0.29, 0.717) is 11.1 Å². The molecule has 142 valence electrons. The molecule has 0 saturated carbocycles. The van der Waals surface area contributed by atoms with E-state index in [1.165, 1.54) is 30.3 Å². The summed E-state index contributed by atoms with van der Waals surface area (Å²) in [5.74, 6) is -3.25. The van der Waals surface area contributed by atoms with Crippen molar-refractivity contribution in [3.8, 4) is 5.75 Å². The van der Waals surface area contributed by atoms with E-state index in [0.717, 1.165) is 12.1 Å². The predicted molar refractivity (Wildman–Crippen MR) is 91.9 cm³/mol. The number of carbonyl (C=O) groups excluding carboxylic acids is 1. The summed E-state index contributed by atoms with van der Waals surface area (Å²) in [6, 6.07) is 8.32. The van der Waals surface area contributed by atoms with Crippen molar-refractivity contribution >= 4 is 21.6 Å². The summed E-state index contributed by atoms with van der Waals surface area (Å²) >= 11 is 0. The number of halogens is 2. The third kappa shape index (κ3) is 3.69. The van der Waals surface area contributed by atoms with E-state index in [2.05, 4.69) is 0 Å². The van der Waals surface area contributed by atoms with E-state index in [-0.39, 0.29) is 16.4 Å². The van der Waals surface area contributed by atoms with Crippen LogP contribution in [-0.4, -0.2) is 20.0 Å². The molecule has 9 heteroatoms. The molecule has 27 heavy (non-hydrogen) atoms. The zero-order valence-electron chi connectivity index (χ0n) is 14.3. The second kappa shape index (κ2) is 6.43. The van der Waals surface area contributed by atoms with E-state index < -0.39 is 33.2 Å². The Morgan fingerprint density at radius 1 is 1.04 bits per heavy atom. The lowest BCUT2D eigenvalue weighted by atomic mass is 9.92. The van der Waals surface area contributed by atoms with Gasteiger partial charge in [0.25, 0.3) is 0 Å². The van der Waals surface area contributed by atoms with Crippen molar-refractivity contribution in [2.45, 2.75) is 24.3 Å². The first-order chi connectivity index (χ1) is 12.5. The molecule has 0 radical (unpaired) electrons. The second-order valence-corrected chi connectivity index (χ2v) is 7.91. The van der Waals surface area contributed by atoms with Crippen LogP contribution in [-0.2, 0) is 19.6 Å². The van der Waals surface area contributed by atoms with E-state index >= 15 is 0 Å². The van der Waals surface area contributed by atoms with Crippen LogP contribution in [0.5, 0.6) is 5.75 Å². The molecule has 1 aliphatic rings. The third-order valence-corrected chi connectivity index (χ3v) is 4.87. The number of hydrogen-bond donors (Lipinski definition) is 1. The highest BCUT2D eigenvalue weighted by Gasteiger charge is 2.43. The smallest absolute Gasteiger partial charge is 0.375 e. The van der Waals surface area contributed by atoms with Gasteiger partial charge in [0.1, 0.15) is 11.4 Å². The Morgan fingerprint density at radius 3 is 2.22 bits per heavy atom. The number of nitrogens with two attached hydrogens (primary N) is 1. The maximum absolute atomic E-state index is 13.4. The number of cyclic esters (lactones) is 1. The zero-order chi connectivity index (χ0) is 20.0. The molecule has 0 aromatic heterocycles. The molecule has 0 aliphatic carbocycles. The molecule has 1 aliphatic heterocycles. The number of esters is 1. The van der Waals surface area contributed by atoms with Gasteiger partial charge in [0, 0.05) is 6.07 Å². The molecule has 2 N–H and O–H groups in total. The van der Waals surface area contributed by atoms with Gasteiger partial charge in [-0.15, -0.1) is 0 Å². The molecule has 2 aromatic carbocycles. The molecule has 0 atom stereocenters. The van der Waals surface area contributed by atoms with Crippen molar-refractivity contribution in [2.24, 2.45) is 5.14 Å². The van der Waals surface area contributed by atoms with Gasteiger partial charge < -0.3 is 9.47 Å². The summed E-state index contributed by atoms with van der Waals surface area (Å²) in [7, 11) is -3.88. The lowest BCUT2D eigenvalue weighted by Crippen LogP contribution is -2.22. The zero-order valence-corrected chi connectivity index (χ0v) is 15.1. The van der Waals surface area contributed by atoms with E-state index in [4.69, 9.17) is 14.6 Å². The molecule has 1 heterocycles. The number of primary sulfonamides is 1. The van der Waals surface area contributed by atoms with Gasteiger partial charge in [-0.1, -0.05) is 12.1 Å². The van der Waals surface area contributed by atoms with E-state index in [9.17, 15) is 22.0 Å². The Labute approximate surface area is 154 Å². The van der Waals surface area contributed by atoms with Gasteiger partial charge in [-0.05, 0) is 43.7 Å². The molecule has 2 aromatic rings. The highest BCUT2D eigenvalue weighted by molar-refractivity contribution is 7.89. The van der Waals surface area contributed by atoms with Gasteiger partial charge in [0.2, 0.25) is 15.8 Å². The average molecular weight is 395 g/mol. The van der Waals surface area contributed by atoms with Crippen LogP contribution < -0.4 is 9.88 Å². The summed E-state index contributed by atoms with van der Waals surface area (Å²) in [5, 5.41) is 5.08. The Kier molecular flexibility index (Phi) is 4.52. The van der Waals surface area contributed by atoms with Crippen LogP contribution in [0.3, 0.4) is 0 Å². The topological polar surface area (TPSA) is 95.7 Å². The number of rotatable bonds is 4. The van der Waals surface area contributed by atoms with Crippen molar-refractivity contribution in [1.82, 2.24) is 0 Å². The third-order valence-electron chi connectivity index (χ3n) is 3.94. The van der Waals surface area contributed by atoms with Crippen molar-refractivity contribution < 1.29 is 31.5 Å². The van der Waals surface area contributed by atoms with Crippen molar-refractivity contribution in [3.05, 3.63) is 65.4 Å². The highest BCUT2D eigenvalue weighted by atomic mass is 32.2. The fraction of sp³-hybridized carbons (Fsp3) is 0.167. The Balaban J connectivity index is 2.08. The molecule has 0 saturated heterocycles. The van der Waals surface area contributed by atoms with Gasteiger partial charge in [0.15, 0.2) is 11.6 Å². The number of sulfonamides is 1. The first-order valence-electron chi connectivity index (χ1n) is 7.73. The highest BCUT2D eigenvalue weighted by Crippen LogP contribution is 2.40. The SMILES string of the molecule is CC1(C)OC(=O)C(Oc2ccc(F)c(F)c2)=C1c1ccc(S(N)(=O)=O)cc1. The summed E-state index contributed by atoms with van der Waals surface area (Å²) in [6.07, 6.45) is 0. The Morgan fingerprint density at radius 2 is 1.67 bits per heavy atom. The van der Waals surface area contributed by atoms with Gasteiger partial charge >= 0.3 is 5.97 Å². The molecule has 0 amide bonds. The van der Waals surface area contributed by atoms with E-state index in [1.807, 2.05) is 0 Å². The van der Waals surface area contributed by atoms with Crippen LogP contribution in [0.2, 0.25) is 0 Å². The monoisotopic (exact) mass is 395 g/mol. The summed E-state index contributed by atoms with van der Waals surface area (Å²) in [6.45, 7) is 3.24. The standard InChI is InChI=1S/C18H15F2NO5S/c1-18(2)15(10-3-6-12(7-4-10)27(21,23)24)16(17(22)26-18)25-11-5-8-13(19)14(20)9-11/h3-9H,1-2H3,(H2,21,23,24). The summed E-state index contributed by atoms with van der Waals surface area (Å²) < 4.78 is 60.1. The van der Waals surface area contributed by atoms with Crippen LogP contribution in [0.1, 0.15) is 19.4 Å². The van der Waals surface area contributed by atoms with Gasteiger partial charge in [0.05, 0.1) is 10.5 Å². The lowest BCUT2D eigenvalue weighted by Gasteiger charge is -2.21. The van der Waals surface area contributed by atoms with E-state index in [1.54, 1.807) is 13.8 Å². The van der Waals surface area contributed by atoms with Crippen LogP contribution in [0, 0.1) is 11.6 Å². The lowest BCUT2D eigenvalue weighted by molar-refractivity contribution is -0.145. The van der Waals surface area contributed by atoms with Crippen LogP contribution in [0.25, 0.3) is 5.57 Å². The molecule has 0 spiro atoms. The minimum Gasteiger partial charge on any atom is -0.449 e. The average Bonchev–Trinajstić information content (AvgIpc) is 2.78. The van der Waals surface area contributed by atoms with Crippen LogP contribution in [0.4, 0.5) is 8.78 Å². The van der Waals surface area contributed by atoms with Crippen molar-refractivity contribution in [1.29, 1.82) is 0 Å². The van der Waals surface area contributed by atoms with Crippen molar-refractivity contribution in [2.75, 3.05) is 0 Å². The van der Waals surface area contributed by atoms with Gasteiger partial charge in [-0.25, -0.2) is 27.1 Å². The minimum absolute atomic E-state index is 0.0859. The Hall–Kier alpha value is -2.78. The number of carbonyl (C=O) groups is 1. The first-order valence-corrected chi connectivity index (χ1v) is 9.28. The maximum Gasteiger partial charge on any atom is 0.375 e. The summed E-state index contributed by atoms with van der Waals surface area (Å²) in [5.41, 5.74) is -0.303. The number of hydrogen-bond acceptors (Lipinski definition) is 5. The minimum atomic E-state index is -3.88. The fourth-order valence-electron chi connectivity index (χ4n) is 2.75. The number of benzene rings is 2.